The highest BCUT2D eigenvalue weighted by atomic mass is 19.1. The molecule has 1 aliphatic rings. The molecule has 0 aliphatic heterocycles. The molecule has 1 aliphatic carbocycles. The largest absolute Gasteiger partial charge is 0.452 e. The zero-order valence-corrected chi connectivity index (χ0v) is 11.4. The number of esters is 1. The second kappa shape index (κ2) is 6.50. The standard InChI is InChI=1S/C15H18FNO3/c1-10(20-15(19)11-4-2-3-5-11)14(18)17-13-8-6-12(16)7-9-13/h6-11H,2-5H2,1H3,(H,17,18). The fraction of sp³-hybridized carbons (Fsp3) is 0.467. The SMILES string of the molecule is CC(OC(=O)C1CCCC1)C(=O)Nc1ccc(F)cc1. The predicted molar refractivity (Wildman–Crippen MR) is 72.5 cm³/mol. The number of halogens is 1. The number of carbonyl (C=O) groups excluding carboxylic acids is 2. The number of nitrogens with one attached hydrogen (secondary N) is 1. The van der Waals surface area contributed by atoms with Crippen LogP contribution in [0.15, 0.2) is 24.3 Å². The summed E-state index contributed by atoms with van der Waals surface area (Å²) in [4.78, 5) is 23.7. The Morgan fingerprint density at radius 3 is 2.45 bits per heavy atom. The van der Waals surface area contributed by atoms with Gasteiger partial charge in [0.1, 0.15) is 5.82 Å². The highest BCUT2D eigenvalue weighted by Gasteiger charge is 2.27. The van der Waals surface area contributed by atoms with Crippen LogP contribution in [0.1, 0.15) is 32.6 Å². The number of benzene rings is 1. The number of rotatable bonds is 4. The molecule has 1 unspecified atom stereocenters. The van der Waals surface area contributed by atoms with Crippen LogP contribution in [0.4, 0.5) is 10.1 Å². The van der Waals surface area contributed by atoms with Crippen LogP contribution in [0.2, 0.25) is 0 Å². The third-order valence-corrected chi connectivity index (χ3v) is 3.46. The Kier molecular flexibility index (Phi) is 4.71. The molecule has 108 valence electrons. The third kappa shape index (κ3) is 3.79. The van der Waals surface area contributed by atoms with Crippen LogP contribution in [0.25, 0.3) is 0 Å². The summed E-state index contributed by atoms with van der Waals surface area (Å²) in [5.74, 6) is -1.16. The van der Waals surface area contributed by atoms with Crippen molar-refractivity contribution in [3.8, 4) is 0 Å². The molecule has 1 aromatic rings. The molecule has 1 saturated carbocycles. The zero-order chi connectivity index (χ0) is 14.5. The number of carbonyl (C=O) groups is 2. The molecular weight excluding hydrogens is 261 g/mol. The van der Waals surface area contributed by atoms with Crippen molar-refractivity contribution in [3.63, 3.8) is 0 Å². The van der Waals surface area contributed by atoms with Crippen molar-refractivity contribution in [2.45, 2.75) is 38.7 Å². The molecule has 4 nitrogen and oxygen atoms in total. The quantitative estimate of drug-likeness (QED) is 0.862. The topological polar surface area (TPSA) is 55.4 Å². The highest BCUT2D eigenvalue weighted by Crippen LogP contribution is 2.26. The lowest BCUT2D eigenvalue weighted by Gasteiger charge is -2.16. The second-order valence-electron chi connectivity index (χ2n) is 5.06. The summed E-state index contributed by atoms with van der Waals surface area (Å²) in [7, 11) is 0. The maximum Gasteiger partial charge on any atom is 0.309 e. The van der Waals surface area contributed by atoms with Crippen LogP contribution in [-0.4, -0.2) is 18.0 Å². The van der Waals surface area contributed by atoms with Crippen molar-refractivity contribution in [1.82, 2.24) is 0 Å². The van der Waals surface area contributed by atoms with E-state index in [1.165, 1.54) is 31.2 Å². The molecule has 1 atom stereocenters. The van der Waals surface area contributed by atoms with Gasteiger partial charge in [-0.25, -0.2) is 4.39 Å². The molecule has 0 spiro atoms. The predicted octanol–water partition coefficient (Wildman–Crippen LogP) is 2.89. The maximum atomic E-state index is 12.7. The van der Waals surface area contributed by atoms with Crippen molar-refractivity contribution in [1.29, 1.82) is 0 Å². The first kappa shape index (κ1) is 14.5. The van der Waals surface area contributed by atoms with Crippen molar-refractivity contribution in [2.24, 2.45) is 5.92 Å². The summed E-state index contributed by atoms with van der Waals surface area (Å²) in [6.07, 6.45) is 2.90. The second-order valence-corrected chi connectivity index (χ2v) is 5.06. The van der Waals surface area contributed by atoms with E-state index in [-0.39, 0.29) is 17.7 Å². The van der Waals surface area contributed by atoms with Gasteiger partial charge < -0.3 is 10.1 Å². The molecule has 20 heavy (non-hydrogen) atoms. The van der Waals surface area contributed by atoms with Crippen LogP contribution in [0.3, 0.4) is 0 Å². The number of amides is 1. The molecule has 1 aromatic carbocycles. The Balaban J connectivity index is 1.85. The Bertz CT molecular complexity index is 480. The van der Waals surface area contributed by atoms with Gasteiger partial charge in [-0.15, -0.1) is 0 Å². The minimum absolute atomic E-state index is 0.0731. The van der Waals surface area contributed by atoms with E-state index in [2.05, 4.69) is 5.32 Å². The third-order valence-electron chi connectivity index (χ3n) is 3.46. The first-order valence-corrected chi connectivity index (χ1v) is 6.83. The molecule has 5 heteroatoms. The van der Waals surface area contributed by atoms with E-state index in [4.69, 9.17) is 4.74 Å². The van der Waals surface area contributed by atoms with Gasteiger partial charge in [-0.2, -0.15) is 0 Å². The normalized spacial score (nSPS) is 16.7. The summed E-state index contributed by atoms with van der Waals surface area (Å²) < 4.78 is 17.9. The molecule has 0 bridgehead atoms. The summed E-state index contributed by atoms with van der Waals surface area (Å²) in [5, 5.41) is 2.58. The monoisotopic (exact) mass is 279 g/mol. The summed E-state index contributed by atoms with van der Waals surface area (Å²) in [5.41, 5.74) is 0.472. The minimum atomic E-state index is -0.854. The van der Waals surface area contributed by atoms with Crippen molar-refractivity contribution in [3.05, 3.63) is 30.1 Å². The first-order valence-electron chi connectivity index (χ1n) is 6.83. The number of anilines is 1. The van der Waals surface area contributed by atoms with E-state index < -0.39 is 12.0 Å². The van der Waals surface area contributed by atoms with E-state index in [0.29, 0.717) is 5.69 Å². The van der Waals surface area contributed by atoms with E-state index in [9.17, 15) is 14.0 Å². The summed E-state index contributed by atoms with van der Waals surface area (Å²) in [6, 6.07) is 5.42. The molecule has 1 N–H and O–H groups in total. The van der Waals surface area contributed by atoms with Crippen LogP contribution in [0, 0.1) is 11.7 Å². The number of hydrogen-bond acceptors (Lipinski definition) is 3. The van der Waals surface area contributed by atoms with Crippen LogP contribution in [-0.2, 0) is 14.3 Å². The van der Waals surface area contributed by atoms with Crippen LogP contribution >= 0.6 is 0 Å². The Morgan fingerprint density at radius 1 is 1.25 bits per heavy atom. The van der Waals surface area contributed by atoms with Gasteiger partial charge in [0.25, 0.3) is 5.91 Å². The maximum absolute atomic E-state index is 12.7. The highest BCUT2D eigenvalue weighted by molar-refractivity contribution is 5.95. The van der Waals surface area contributed by atoms with Crippen molar-refractivity contribution >= 4 is 17.6 Å². The molecule has 0 saturated heterocycles. The van der Waals surface area contributed by atoms with Gasteiger partial charge in [0.15, 0.2) is 6.10 Å². The molecule has 0 aromatic heterocycles. The van der Waals surface area contributed by atoms with Gasteiger partial charge in [0, 0.05) is 5.69 Å². The van der Waals surface area contributed by atoms with Gasteiger partial charge in [-0.05, 0) is 44.0 Å². The average molecular weight is 279 g/mol. The minimum Gasteiger partial charge on any atom is -0.452 e. The lowest BCUT2D eigenvalue weighted by atomic mass is 10.1. The lowest BCUT2D eigenvalue weighted by Crippen LogP contribution is -2.31. The summed E-state index contributed by atoms with van der Waals surface area (Å²) in [6.45, 7) is 1.53. The molecule has 2 rings (SSSR count). The number of hydrogen-bond donors (Lipinski definition) is 1. The van der Waals surface area contributed by atoms with E-state index in [1.807, 2.05) is 0 Å². The van der Waals surface area contributed by atoms with Gasteiger partial charge >= 0.3 is 5.97 Å². The number of ether oxygens (including phenoxy) is 1. The van der Waals surface area contributed by atoms with Crippen LogP contribution < -0.4 is 5.32 Å². The Labute approximate surface area is 117 Å². The van der Waals surface area contributed by atoms with E-state index >= 15 is 0 Å². The molecule has 1 fully saturated rings. The summed E-state index contributed by atoms with van der Waals surface area (Å²) >= 11 is 0. The van der Waals surface area contributed by atoms with Crippen molar-refractivity contribution < 1.29 is 18.7 Å². The molecular formula is C15H18FNO3. The van der Waals surface area contributed by atoms with Gasteiger partial charge in [0.2, 0.25) is 0 Å². The molecule has 1 amide bonds. The van der Waals surface area contributed by atoms with Gasteiger partial charge in [0.05, 0.1) is 5.92 Å². The van der Waals surface area contributed by atoms with Gasteiger partial charge in [-0.3, -0.25) is 9.59 Å². The Morgan fingerprint density at radius 2 is 1.85 bits per heavy atom. The first-order chi connectivity index (χ1) is 9.56. The average Bonchev–Trinajstić information content (AvgIpc) is 2.95. The van der Waals surface area contributed by atoms with Crippen LogP contribution in [0.5, 0.6) is 0 Å². The van der Waals surface area contributed by atoms with E-state index in [0.717, 1.165) is 25.7 Å². The molecule has 0 heterocycles. The molecule has 0 radical (unpaired) electrons. The lowest BCUT2D eigenvalue weighted by molar-refractivity contribution is -0.157. The fourth-order valence-electron chi connectivity index (χ4n) is 2.26. The van der Waals surface area contributed by atoms with E-state index in [1.54, 1.807) is 0 Å². The Hall–Kier alpha value is -1.91. The van der Waals surface area contributed by atoms with Crippen molar-refractivity contribution in [2.75, 3.05) is 5.32 Å². The smallest absolute Gasteiger partial charge is 0.309 e. The van der Waals surface area contributed by atoms with Gasteiger partial charge in [-0.1, -0.05) is 12.8 Å². The fourth-order valence-corrected chi connectivity index (χ4v) is 2.26. The zero-order valence-electron chi connectivity index (χ0n) is 11.4.